The molecule has 3 atom stereocenters. The lowest BCUT2D eigenvalue weighted by Gasteiger charge is -2.42. The molecular weight excluding hydrogens is 536 g/mol. The summed E-state index contributed by atoms with van der Waals surface area (Å²) in [4.78, 5) is 71.3. The van der Waals surface area contributed by atoms with Crippen molar-refractivity contribution in [3.8, 4) is 0 Å². The van der Waals surface area contributed by atoms with Gasteiger partial charge in [0, 0.05) is 30.8 Å². The predicted molar refractivity (Wildman–Crippen MR) is 149 cm³/mol. The highest BCUT2D eigenvalue weighted by atomic mass is 16.4. The largest absolute Gasteiger partial charge is 0.481 e. The summed E-state index contributed by atoms with van der Waals surface area (Å²) in [7, 11) is 0. The number of benzene rings is 1. The molecular formula is C28H42N4O9. The van der Waals surface area contributed by atoms with Crippen molar-refractivity contribution in [2.24, 2.45) is 5.41 Å². The Balaban J connectivity index is 2.66. The molecule has 0 aliphatic rings. The highest BCUT2D eigenvalue weighted by Gasteiger charge is 2.40. The average Bonchev–Trinajstić information content (AvgIpc) is 2.83. The molecule has 7 N–H and O–H groups in total. The van der Waals surface area contributed by atoms with Gasteiger partial charge in [0.2, 0.25) is 11.8 Å². The normalized spacial score (nSPS) is 13.7. The van der Waals surface area contributed by atoms with Gasteiger partial charge >= 0.3 is 23.9 Å². The molecule has 4 amide bonds. The third kappa shape index (κ3) is 12.7. The molecule has 0 fully saturated rings. The van der Waals surface area contributed by atoms with Crippen LogP contribution in [0.2, 0.25) is 0 Å². The summed E-state index contributed by atoms with van der Waals surface area (Å²) < 4.78 is 0. The van der Waals surface area contributed by atoms with E-state index in [-0.39, 0.29) is 31.2 Å². The van der Waals surface area contributed by atoms with Gasteiger partial charge < -0.3 is 36.6 Å². The fraction of sp³-hybridized carbons (Fsp3) is 0.571. The number of carboxylic acids is 3. The minimum atomic E-state index is -1.54. The van der Waals surface area contributed by atoms with Crippen molar-refractivity contribution in [1.82, 2.24) is 21.3 Å². The summed E-state index contributed by atoms with van der Waals surface area (Å²) >= 11 is 0. The van der Waals surface area contributed by atoms with E-state index in [0.717, 1.165) is 5.56 Å². The smallest absolute Gasteiger partial charge is 0.326 e. The van der Waals surface area contributed by atoms with Crippen LogP contribution >= 0.6 is 0 Å². The van der Waals surface area contributed by atoms with Gasteiger partial charge in [-0.2, -0.15) is 0 Å². The zero-order chi connectivity index (χ0) is 31.4. The molecule has 3 unspecified atom stereocenters. The monoisotopic (exact) mass is 578 g/mol. The van der Waals surface area contributed by atoms with Crippen LogP contribution in [0.5, 0.6) is 0 Å². The van der Waals surface area contributed by atoms with E-state index >= 15 is 0 Å². The van der Waals surface area contributed by atoms with E-state index in [4.69, 9.17) is 10.2 Å². The molecule has 13 heteroatoms. The standard InChI is InChI=1S/C28H42N4O9/c1-17(15-18-9-7-6-8-10-18)29-22(34)16-27(2,3)28(4,5)32-21(33)13-11-19(24(37)38)30-26(41)31-20(25(39)40)12-14-23(35)36/h6-10,17,19-20H,11-16H2,1-5H3,(H,29,34)(H,32,33)(H,35,36)(H,37,38)(H,39,40)(H2,30,31,41). The maximum Gasteiger partial charge on any atom is 0.326 e. The van der Waals surface area contributed by atoms with Gasteiger partial charge in [0.05, 0.1) is 0 Å². The van der Waals surface area contributed by atoms with Crippen molar-refractivity contribution in [3.63, 3.8) is 0 Å². The summed E-state index contributed by atoms with van der Waals surface area (Å²) in [6.45, 7) is 9.11. The van der Waals surface area contributed by atoms with Crippen molar-refractivity contribution in [3.05, 3.63) is 35.9 Å². The second-order valence-corrected chi connectivity index (χ2v) is 11.3. The third-order valence-electron chi connectivity index (χ3n) is 7.05. The molecule has 0 heterocycles. The molecule has 228 valence electrons. The molecule has 0 saturated carbocycles. The number of carboxylic acid groups (broad SMARTS) is 3. The van der Waals surface area contributed by atoms with Gasteiger partial charge in [-0.25, -0.2) is 14.4 Å². The maximum atomic E-state index is 12.8. The Morgan fingerprint density at radius 1 is 0.756 bits per heavy atom. The number of carbonyl (C=O) groups is 6. The van der Waals surface area contributed by atoms with Gasteiger partial charge in [0.1, 0.15) is 12.1 Å². The van der Waals surface area contributed by atoms with E-state index in [2.05, 4.69) is 16.0 Å². The number of nitrogens with one attached hydrogen (secondary N) is 4. The number of aliphatic carboxylic acids is 3. The fourth-order valence-electron chi connectivity index (χ4n) is 3.96. The Hall–Kier alpha value is -4.16. The molecule has 0 spiro atoms. The zero-order valence-electron chi connectivity index (χ0n) is 24.2. The van der Waals surface area contributed by atoms with E-state index in [1.807, 2.05) is 56.4 Å². The lowest BCUT2D eigenvalue weighted by molar-refractivity contribution is -0.141. The van der Waals surface area contributed by atoms with Crippen molar-refractivity contribution >= 4 is 35.8 Å². The van der Waals surface area contributed by atoms with Crippen LogP contribution in [0.15, 0.2) is 30.3 Å². The van der Waals surface area contributed by atoms with E-state index in [9.17, 15) is 33.9 Å². The molecule has 1 aromatic rings. The number of amides is 4. The Kier molecular flexibility index (Phi) is 13.3. The summed E-state index contributed by atoms with van der Waals surface area (Å²) in [5.74, 6) is -4.84. The zero-order valence-corrected chi connectivity index (χ0v) is 24.2. The van der Waals surface area contributed by atoms with Crippen molar-refractivity contribution in [2.45, 2.75) is 96.8 Å². The lowest BCUT2D eigenvalue weighted by Crippen LogP contribution is -2.55. The molecule has 13 nitrogen and oxygen atoms in total. The van der Waals surface area contributed by atoms with Crippen LogP contribution in [0, 0.1) is 5.41 Å². The summed E-state index contributed by atoms with van der Waals surface area (Å²) in [6, 6.07) is 5.49. The fourth-order valence-corrected chi connectivity index (χ4v) is 3.96. The number of carbonyl (C=O) groups excluding carboxylic acids is 3. The summed E-state index contributed by atoms with van der Waals surface area (Å²) in [6.07, 6.45) is -0.698. The number of hydrogen-bond acceptors (Lipinski definition) is 6. The Morgan fingerprint density at radius 3 is 1.76 bits per heavy atom. The predicted octanol–water partition coefficient (Wildman–Crippen LogP) is 1.90. The first-order chi connectivity index (χ1) is 18.9. The summed E-state index contributed by atoms with van der Waals surface area (Å²) in [5.41, 5.74) is -0.462. The van der Waals surface area contributed by atoms with Crippen LogP contribution in [0.25, 0.3) is 0 Å². The van der Waals surface area contributed by atoms with Crippen molar-refractivity contribution in [2.75, 3.05) is 0 Å². The highest BCUT2D eigenvalue weighted by Crippen LogP contribution is 2.34. The molecule has 0 aromatic heterocycles. The van der Waals surface area contributed by atoms with Crippen LogP contribution in [-0.2, 0) is 30.4 Å². The van der Waals surface area contributed by atoms with E-state index < -0.39 is 65.7 Å². The first kappa shape index (κ1) is 34.9. The van der Waals surface area contributed by atoms with Crippen LogP contribution in [0.4, 0.5) is 4.79 Å². The van der Waals surface area contributed by atoms with Crippen LogP contribution in [-0.4, -0.2) is 74.7 Å². The molecule has 0 aliphatic carbocycles. The minimum absolute atomic E-state index is 0.0981. The van der Waals surface area contributed by atoms with Crippen LogP contribution in [0.3, 0.4) is 0 Å². The number of hydrogen-bond donors (Lipinski definition) is 7. The quantitative estimate of drug-likeness (QED) is 0.144. The number of rotatable bonds is 17. The summed E-state index contributed by atoms with van der Waals surface area (Å²) in [5, 5.41) is 37.3. The average molecular weight is 579 g/mol. The first-order valence-electron chi connectivity index (χ1n) is 13.3. The van der Waals surface area contributed by atoms with E-state index in [1.165, 1.54) is 0 Å². The number of urea groups is 1. The molecule has 0 aliphatic heterocycles. The van der Waals surface area contributed by atoms with Gasteiger partial charge in [-0.3, -0.25) is 14.4 Å². The van der Waals surface area contributed by atoms with Gasteiger partial charge in [0.25, 0.3) is 0 Å². The van der Waals surface area contributed by atoms with Gasteiger partial charge in [-0.15, -0.1) is 0 Å². The molecule has 41 heavy (non-hydrogen) atoms. The second kappa shape index (κ2) is 15.6. The van der Waals surface area contributed by atoms with Crippen molar-refractivity contribution in [1.29, 1.82) is 0 Å². The molecule has 1 rings (SSSR count). The van der Waals surface area contributed by atoms with E-state index in [0.29, 0.717) is 6.42 Å². The molecule has 0 bridgehead atoms. The maximum absolute atomic E-state index is 12.8. The SMILES string of the molecule is CC(Cc1ccccc1)NC(=O)CC(C)(C)C(C)(C)NC(=O)CCC(NC(=O)NC(CCC(=O)O)C(=O)O)C(=O)O. The Morgan fingerprint density at radius 2 is 1.27 bits per heavy atom. The molecule has 1 aromatic carbocycles. The van der Waals surface area contributed by atoms with Gasteiger partial charge in [-0.05, 0) is 51.0 Å². The van der Waals surface area contributed by atoms with E-state index in [1.54, 1.807) is 13.8 Å². The molecule has 0 saturated heterocycles. The van der Waals surface area contributed by atoms with Gasteiger partial charge in [0.15, 0.2) is 0 Å². The third-order valence-corrected chi connectivity index (χ3v) is 7.05. The highest BCUT2D eigenvalue weighted by molar-refractivity contribution is 5.87. The van der Waals surface area contributed by atoms with Gasteiger partial charge in [-0.1, -0.05) is 44.2 Å². The second-order valence-electron chi connectivity index (χ2n) is 11.3. The first-order valence-corrected chi connectivity index (χ1v) is 13.3. The van der Waals surface area contributed by atoms with Crippen molar-refractivity contribution < 1.29 is 44.1 Å². The van der Waals surface area contributed by atoms with Crippen LogP contribution < -0.4 is 21.3 Å². The van der Waals surface area contributed by atoms with Crippen LogP contribution in [0.1, 0.15) is 72.3 Å². The Labute approximate surface area is 239 Å². The lowest BCUT2D eigenvalue weighted by atomic mass is 9.71. The topological polar surface area (TPSA) is 211 Å². The Bertz CT molecular complexity index is 1090. The molecule has 0 radical (unpaired) electrons. The minimum Gasteiger partial charge on any atom is -0.481 e.